The van der Waals surface area contributed by atoms with Crippen molar-refractivity contribution in [1.82, 2.24) is 9.80 Å². The van der Waals surface area contributed by atoms with Crippen LogP contribution in [-0.4, -0.2) is 54.2 Å². The minimum Gasteiger partial charge on any atom is -0.454 e. The average molecular weight is 586 g/mol. The molecular formula is C28H29BrN2O5S. The molecule has 3 heterocycles. The van der Waals surface area contributed by atoms with E-state index >= 15 is 0 Å². The molecule has 0 saturated carbocycles. The highest BCUT2D eigenvalue weighted by atomic mass is 79.9. The van der Waals surface area contributed by atoms with Crippen molar-refractivity contribution in [1.29, 1.82) is 0 Å². The van der Waals surface area contributed by atoms with E-state index in [0.29, 0.717) is 43.3 Å². The zero-order valence-corrected chi connectivity index (χ0v) is 23.1. The molecule has 5 rings (SSSR count). The van der Waals surface area contributed by atoms with E-state index < -0.39 is 0 Å². The monoisotopic (exact) mass is 584 g/mol. The molecule has 1 fully saturated rings. The Bertz CT molecular complexity index is 1270. The summed E-state index contributed by atoms with van der Waals surface area (Å²) in [4.78, 5) is 32.0. The van der Waals surface area contributed by atoms with Gasteiger partial charge in [-0.15, -0.1) is 11.3 Å². The van der Waals surface area contributed by atoms with Gasteiger partial charge < -0.3 is 24.0 Å². The molecule has 0 N–H and O–H groups in total. The van der Waals surface area contributed by atoms with E-state index in [1.807, 2.05) is 40.6 Å². The second-order valence-electron chi connectivity index (χ2n) is 9.30. The maximum absolute atomic E-state index is 13.8. The van der Waals surface area contributed by atoms with E-state index in [1.165, 1.54) is 0 Å². The van der Waals surface area contributed by atoms with Gasteiger partial charge >= 0.3 is 0 Å². The summed E-state index contributed by atoms with van der Waals surface area (Å²) < 4.78 is 17.6. The first-order valence-electron chi connectivity index (χ1n) is 12.3. The molecule has 2 aliphatic rings. The largest absolute Gasteiger partial charge is 0.454 e. The Morgan fingerprint density at radius 1 is 1.05 bits per heavy atom. The average Bonchev–Trinajstić information content (AvgIpc) is 3.65. The first-order valence-corrected chi connectivity index (χ1v) is 14.0. The maximum atomic E-state index is 13.8. The van der Waals surface area contributed by atoms with Crippen LogP contribution in [-0.2, 0) is 22.6 Å². The molecule has 2 aromatic carbocycles. The van der Waals surface area contributed by atoms with Gasteiger partial charge in [-0.2, -0.15) is 0 Å². The quantitative estimate of drug-likeness (QED) is 0.337. The van der Waals surface area contributed by atoms with E-state index in [4.69, 9.17) is 14.2 Å². The van der Waals surface area contributed by atoms with E-state index in [9.17, 15) is 9.59 Å². The summed E-state index contributed by atoms with van der Waals surface area (Å²) in [6.45, 7) is 4.15. The molecule has 2 aliphatic heterocycles. The van der Waals surface area contributed by atoms with E-state index in [-0.39, 0.29) is 31.3 Å². The van der Waals surface area contributed by atoms with Crippen LogP contribution in [0.3, 0.4) is 0 Å². The van der Waals surface area contributed by atoms with Gasteiger partial charge in [-0.1, -0.05) is 28.1 Å². The minimum atomic E-state index is -0.180. The van der Waals surface area contributed by atoms with E-state index in [0.717, 1.165) is 33.3 Å². The molecule has 1 atom stereocenters. The second-order valence-corrected chi connectivity index (χ2v) is 11.2. The number of thiophene rings is 1. The molecule has 0 unspecified atom stereocenters. The predicted octanol–water partition coefficient (Wildman–Crippen LogP) is 5.40. The fourth-order valence-corrected chi connectivity index (χ4v) is 5.87. The fourth-order valence-electron chi connectivity index (χ4n) is 4.55. The van der Waals surface area contributed by atoms with Crippen LogP contribution in [0.5, 0.6) is 11.5 Å². The third-order valence-corrected chi connectivity index (χ3v) is 8.10. The summed E-state index contributed by atoms with van der Waals surface area (Å²) in [7, 11) is 0. The Labute approximate surface area is 229 Å². The van der Waals surface area contributed by atoms with Crippen LogP contribution in [0.25, 0.3) is 0 Å². The van der Waals surface area contributed by atoms with Crippen LogP contribution >= 0.6 is 27.3 Å². The van der Waals surface area contributed by atoms with Gasteiger partial charge in [0.25, 0.3) is 5.91 Å². The predicted molar refractivity (Wildman–Crippen MR) is 145 cm³/mol. The summed E-state index contributed by atoms with van der Waals surface area (Å²) in [6, 6.07) is 15.1. The lowest BCUT2D eigenvalue weighted by Crippen LogP contribution is -2.45. The summed E-state index contributed by atoms with van der Waals surface area (Å²) in [5, 5.41) is 2.04. The van der Waals surface area contributed by atoms with Gasteiger partial charge in [-0.05, 0) is 72.7 Å². The van der Waals surface area contributed by atoms with Crippen LogP contribution in [0.2, 0.25) is 0 Å². The lowest BCUT2D eigenvalue weighted by Gasteiger charge is -2.29. The number of hydrogen-bond donors (Lipinski definition) is 0. The zero-order valence-electron chi connectivity index (χ0n) is 20.7. The standard InChI is InChI=1S/C28H29BrN2O5S/c1-19-9-11-37-26(19)16-30(14-20-7-8-24-25(12-20)36-18-35-24)27(32)17-31(15-23-6-3-10-34-23)28(33)21-4-2-5-22(29)13-21/h2,4-5,7-9,11-13,23H,3,6,10,14-18H2,1H3/t23-/m1/s1. The highest BCUT2D eigenvalue weighted by molar-refractivity contribution is 9.10. The van der Waals surface area contributed by atoms with E-state index in [1.54, 1.807) is 28.4 Å². The molecule has 1 aromatic heterocycles. The van der Waals surface area contributed by atoms with Crippen LogP contribution in [0.4, 0.5) is 0 Å². The van der Waals surface area contributed by atoms with Gasteiger partial charge in [0, 0.05) is 34.6 Å². The van der Waals surface area contributed by atoms with E-state index in [2.05, 4.69) is 28.9 Å². The molecule has 0 bridgehead atoms. The SMILES string of the molecule is Cc1ccsc1CN(Cc1ccc2c(c1)OCO2)C(=O)CN(C[C@H]1CCCO1)C(=O)c1cccc(Br)c1. The van der Waals surface area contributed by atoms with Gasteiger partial charge in [-0.25, -0.2) is 0 Å². The summed E-state index contributed by atoms with van der Waals surface area (Å²) >= 11 is 5.08. The molecule has 0 spiro atoms. The van der Waals surface area contributed by atoms with Gasteiger partial charge in [0.2, 0.25) is 12.7 Å². The van der Waals surface area contributed by atoms with Crippen molar-refractivity contribution in [2.75, 3.05) is 26.5 Å². The van der Waals surface area contributed by atoms with Crippen molar-refractivity contribution in [3.05, 3.63) is 80.0 Å². The van der Waals surface area contributed by atoms with Crippen molar-refractivity contribution >= 4 is 39.1 Å². The lowest BCUT2D eigenvalue weighted by molar-refractivity contribution is -0.133. The van der Waals surface area contributed by atoms with Crippen molar-refractivity contribution in [3.63, 3.8) is 0 Å². The highest BCUT2D eigenvalue weighted by Gasteiger charge is 2.28. The number of aryl methyl sites for hydroxylation is 1. The number of nitrogens with zero attached hydrogens (tertiary/aromatic N) is 2. The summed E-state index contributed by atoms with van der Waals surface area (Å²) in [5.74, 6) is 1.09. The van der Waals surface area contributed by atoms with Gasteiger partial charge in [0.1, 0.15) is 6.54 Å². The third-order valence-electron chi connectivity index (χ3n) is 6.60. The molecule has 2 amide bonds. The van der Waals surface area contributed by atoms with Crippen molar-refractivity contribution < 1.29 is 23.8 Å². The number of fused-ring (bicyclic) bond motifs is 1. The second kappa shape index (κ2) is 11.7. The molecule has 3 aromatic rings. The third kappa shape index (κ3) is 6.34. The minimum absolute atomic E-state index is 0.0276. The van der Waals surface area contributed by atoms with Crippen molar-refractivity contribution in [2.24, 2.45) is 0 Å². The number of carbonyl (C=O) groups is 2. The first-order chi connectivity index (χ1) is 18.0. The number of rotatable bonds is 9. The first kappa shape index (κ1) is 25.8. The maximum Gasteiger partial charge on any atom is 0.254 e. The molecule has 1 saturated heterocycles. The normalized spacial score (nSPS) is 16.1. The summed E-state index contributed by atoms with van der Waals surface area (Å²) in [6.07, 6.45) is 1.78. The number of benzene rings is 2. The Kier molecular flexibility index (Phi) is 8.12. The van der Waals surface area contributed by atoms with Crippen molar-refractivity contribution in [2.45, 2.75) is 39.0 Å². The number of carbonyl (C=O) groups excluding carboxylic acids is 2. The number of hydrogen-bond acceptors (Lipinski definition) is 6. The Hall–Kier alpha value is -2.88. The number of amides is 2. The van der Waals surface area contributed by atoms with Crippen LogP contribution < -0.4 is 9.47 Å². The number of ether oxygens (including phenoxy) is 3. The molecule has 194 valence electrons. The van der Waals surface area contributed by atoms with Crippen LogP contribution in [0.1, 0.15) is 39.2 Å². The van der Waals surface area contributed by atoms with Gasteiger partial charge in [-0.3, -0.25) is 9.59 Å². The Morgan fingerprint density at radius 3 is 2.68 bits per heavy atom. The van der Waals surface area contributed by atoms with Gasteiger partial charge in [0.05, 0.1) is 12.6 Å². The van der Waals surface area contributed by atoms with Crippen LogP contribution in [0, 0.1) is 6.92 Å². The molecular weight excluding hydrogens is 556 g/mol. The number of halogens is 1. The molecule has 9 heteroatoms. The zero-order chi connectivity index (χ0) is 25.8. The Balaban J connectivity index is 1.38. The Morgan fingerprint density at radius 2 is 1.92 bits per heavy atom. The lowest BCUT2D eigenvalue weighted by atomic mass is 10.1. The molecule has 37 heavy (non-hydrogen) atoms. The van der Waals surface area contributed by atoms with Crippen LogP contribution in [0.15, 0.2) is 58.4 Å². The smallest absolute Gasteiger partial charge is 0.254 e. The summed E-state index contributed by atoms with van der Waals surface area (Å²) in [5.41, 5.74) is 2.63. The molecule has 0 aliphatic carbocycles. The highest BCUT2D eigenvalue weighted by Crippen LogP contribution is 2.33. The molecule has 7 nitrogen and oxygen atoms in total. The van der Waals surface area contributed by atoms with Gasteiger partial charge in [0.15, 0.2) is 11.5 Å². The van der Waals surface area contributed by atoms with Crippen molar-refractivity contribution in [3.8, 4) is 11.5 Å². The fraction of sp³-hybridized carbons (Fsp3) is 0.357. The molecule has 0 radical (unpaired) electrons. The topological polar surface area (TPSA) is 68.3 Å².